The predicted molar refractivity (Wildman–Crippen MR) is 115 cm³/mol. The molecule has 0 radical (unpaired) electrons. The standard InChI is InChI=1S/C22H25FN4O4/c23-17-1-3-18(4-2-17)26-8-7-16(15-26)14-24-22(28)20-13-19(27(29)30)5-6-21(20)25-9-11-31-12-10-25/h1-6,13,16H,7-12,14-15H2,(H,24,28). The number of non-ortho nitro benzene ring substituents is 1. The summed E-state index contributed by atoms with van der Waals surface area (Å²) in [5.74, 6) is -0.329. The van der Waals surface area contributed by atoms with Crippen molar-refractivity contribution in [1.29, 1.82) is 0 Å². The summed E-state index contributed by atoms with van der Waals surface area (Å²) in [6, 6.07) is 10.8. The van der Waals surface area contributed by atoms with Crippen molar-refractivity contribution < 1.29 is 18.8 Å². The first-order valence-electron chi connectivity index (χ1n) is 10.4. The summed E-state index contributed by atoms with van der Waals surface area (Å²) in [4.78, 5) is 27.9. The number of hydrogen-bond donors (Lipinski definition) is 1. The van der Waals surface area contributed by atoms with Gasteiger partial charge in [0.2, 0.25) is 0 Å². The normalized spacial score (nSPS) is 18.8. The van der Waals surface area contributed by atoms with E-state index in [1.165, 1.54) is 24.3 Å². The fourth-order valence-electron chi connectivity index (χ4n) is 4.12. The van der Waals surface area contributed by atoms with E-state index in [1.807, 2.05) is 4.90 Å². The third kappa shape index (κ3) is 4.93. The Balaban J connectivity index is 1.42. The number of ether oxygens (including phenoxy) is 1. The van der Waals surface area contributed by atoms with E-state index < -0.39 is 4.92 Å². The second-order valence-corrected chi connectivity index (χ2v) is 7.85. The molecular formula is C22H25FN4O4. The Morgan fingerprint density at radius 2 is 1.87 bits per heavy atom. The number of carbonyl (C=O) groups excluding carboxylic acids is 1. The largest absolute Gasteiger partial charge is 0.378 e. The third-order valence-corrected chi connectivity index (χ3v) is 5.82. The third-order valence-electron chi connectivity index (χ3n) is 5.82. The van der Waals surface area contributed by atoms with Crippen molar-refractivity contribution in [1.82, 2.24) is 5.32 Å². The van der Waals surface area contributed by atoms with Gasteiger partial charge in [0.05, 0.1) is 29.4 Å². The molecule has 0 aliphatic carbocycles. The number of halogens is 1. The molecule has 2 aliphatic heterocycles. The Morgan fingerprint density at radius 3 is 2.58 bits per heavy atom. The maximum atomic E-state index is 13.1. The molecule has 2 heterocycles. The number of anilines is 2. The first kappa shape index (κ1) is 21.0. The van der Waals surface area contributed by atoms with Gasteiger partial charge in [0.25, 0.3) is 11.6 Å². The van der Waals surface area contributed by atoms with Gasteiger partial charge < -0.3 is 19.9 Å². The molecule has 2 saturated heterocycles. The molecule has 2 aliphatic rings. The van der Waals surface area contributed by atoms with E-state index in [9.17, 15) is 19.3 Å². The van der Waals surface area contributed by atoms with Crippen molar-refractivity contribution in [3.05, 3.63) is 64.0 Å². The molecule has 4 rings (SSSR count). The molecule has 2 aromatic carbocycles. The zero-order valence-corrected chi connectivity index (χ0v) is 17.1. The molecular weight excluding hydrogens is 403 g/mol. The van der Waals surface area contributed by atoms with Gasteiger partial charge in [-0.1, -0.05) is 0 Å². The number of benzene rings is 2. The van der Waals surface area contributed by atoms with E-state index in [-0.39, 0.29) is 23.3 Å². The van der Waals surface area contributed by atoms with Gasteiger partial charge in [0.1, 0.15) is 5.82 Å². The molecule has 9 heteroatoms. The number of nitrogens with one attached hydrogen (secondary N) is 1. The van der Waals surface area contributed by atoms with Crippen LogP contribution in [0.4, 0.5) is 21.5 Å². The van der Waals surface area contributed by atoms with Crippen molar-refractivity contribution in [3.8, 4) is 0 Å². The van der Waals surface area contributed by atoms with Gasteiger partial charge in [0.15, 0.2) is 0 Å². The van der Waals surface area contributed by atoms with Crippen LogP contribution in [0.15, 0.2) is 42.5 Å². The van der Waals surface area contributed by atoms with Gasteiger partial charge in [-0.25, -0.2) is 4.39 Å². The lowest BCUT2D eigenvalue weighted by Crippen LogP contribution is -2.38. The molecule has 0 aromatic heterocycles. The number of morpholine rings is 1. The summed E-state index contributed by atoms with van der Waals surface area (Å²) in [7, 11) is 0. The lowest BCUT2D eigenvalue weighted by atomic mass is 10.1. The van der Waals surface area contributed by atoms with Crippen molar-refractivity contribution in [3.63, 3.8) is 0 Å². The second kappa shape index (κ2) is 9.30. The summed E-state index contributed by atoms with van der Waals surface area (Å²) in [6.07, 6.45) is 0.906. The molecule has 8 nitrogen and oxygen atoms in total. The average Bonchev–Trinajstić information content (AvgIpc) is 3.27. The highest BCUT2D eigenvalue weighted by molar-refractivity contribution is 6.00. The molecule has 1 atom stereocenters. The summed E-state index contributed by atoms with van der Waals surface area (Å²) < 4.78 is 18.5. The Bertz CT molecular complexity index is 947. The first-order valence-corrected chi connectivity index (χ1v) is 10.4. The van der Waals surface area contributed by atoms with E-state index in [1.54, 1.807) is 18.2 Å². The lowest BCUT2D eigenvalue weighted by molar-refractivity contribution is -0.384. The van der Waals surface area contributed by atoms with Gasteiger partial charge in [-0.15, -0.1) is 0 Å². The Kier molecular flexibility index (Phi) is 6.31. The monoisotopic (exact) mass is 428 g/mol. The van der Waals surface area contributed by atoms with E-state index in [2.05, 4.69) is 10.2 Å². The van der Waals surface area contributed by atoms with E-state index in [0.29, 0.717) is 44.1 Å². The van der Waals surface area contributed by atoms with Crippen molar-refractivity contribution in [2.75, 3.05) is 55.7 Å². The highest BCUT2D eigenvalue weighted by Crippen LogP contribution is 2.27. The second-order valence-electron chi connectivity index (χ2n) is 7.85. The van der Waals surface area contributed by atoms with Gasteiger partial charge >= 0.3 is 0 Å². The lowest BCUT2D eigenvalue weighted by Gasteiger charge is -2.30. The van der Waals surface area contributed by atoms with Gasteiger partial charge in [-0.05, 0) is 42.7 Å². The Morgan fingerprint density at radius 1 is 1.13 bits per heavy atom. The Labute approximate surface area is 179 Å². The molecule has 0 spiro atoms. The maximum absolute atomic E-state index is 13.1. The molecule has 1 N–H and O–H groups in total. The number of carbonyl (C=O) groups is 1. The van der Waals surface area contributed by atoms with Crippen LogP contribution < -0.4 is 15.1 Å². The van der Waals surface area contributed by atoms with Crippen LogP contribution in [0, 0.1) is 21.8 Å². The topological polar surface area (TPSA) is 88.0 Å². The molecule has 1 unspecified atom stereocenters. The van der Waals surface area contributed by atoms with Crippen molar-refractivity contribution >= 4 is 23.0 Å². The number of hydrogen-bond acceptors (Lipinski definition) is 6. The van der Waals surface area contributed by atoms with Gasteiger partial charge in [0, 0.05) is 50.5 Å². The Hall–Kier alpha value is -3.20. The van der Waals surface area contributed by atoms with Crippen LogP contribution in [0.1, 0.15) is 16.8 Å². The molecule has 2 fully saturated rings. The van der Waals surface area contributed by atoms with Crippen LogP contribution in [0.5, 0.6) is 0 Å². The number of rotatable bonds is 6. The number of amides is 1. The van der Waals surface area contributed by atoms with E-state index >= 15 is 0 Å². The number of nitrogens with zero attached hydrogens (tertiary/aromatic N) is 3. The van der Waals surface area contributed by atoms with Crippen LogP contribution in [0.3, 0.4) is 0 Å². The highest BCUT2D eigenvalue weighted by Gasteiger charge is 2.25. The minimum atomic E-state index is -0.489. The quantitative estimate of drug-likeness (QED) is 0.562. The molecule has 31 heavy (non-hydrogen) atoms. The molecule has 164 valence electrons. The van der Waals surface area contributed by atoms with Crippen LogP contribution in [-0.2, 0) is 4.74 Å². The van der Waals surface area contributed by atoms with Crippen LogP contribution in [0.2, 0.25) is 0 Å². The average molecular weight is 428 g/mol. The highest BCUT2D eigenvalue weighted by atomic mass is 19.1. The minimum absolute atomic E-state index is 0.106. The zero-order chi connectivity index (χ0) is 21.8. The van der Waals surface area contributed by atoms with Crippen LogP contribution in [-0.4, -0.2) is 56.8 Å². The molecule has 2 aromatic rings. The number of nitro groups is 1. The van der Waals surface area contributed by atoms with E-state index in [4.69, 9.17) is 4.74 Å². The van der Waals surface area contributed by atoms with Crippen LogP contribution >= 0.6 is 0 Å². The summed E-state index contributed by atoms with van der Waals surface area (Å²) >= 11 is 0. The fraction of sp³-hybridized carbons (Fsp3) is 0.409. The number of nitro benzene ring substituents is 1. The first-order chi connectivity index (χ1) is 15.0. The van der Waals surface area contributed by atoms with Crippen LogP contribution in [0.25, 0.3) is 0 Å². The maximum Gasteiger partial charge on any atom is 0.270 e. The molecule has 0 saturated carbocycles. The molecule has 1 amide bonds. The summed E-state index contributed by atoms with van der Waals surface area (Å²) in [5.41, 5.74) is 1.85. The minimum Gasteiger partial charge on any atom is -0.378 e. The predicted octanol–water partition coefficient (Wildman–Crippen LogP) is 2.83. The zero-order valence-electron chi connectivity index (χ0n) is 17.1. The van der Waals surface area contributed by atoms with Crippen molar-refractivity contribution in [2.24, 2.45) is 5.92 Å². The summed E-state index contributed by atoms with van der Waals surface area (Å²) in [5, 5.41) is 14.2. The smallest absolute Gasteiger partial charge is 0.270 e. The SMILES string of the molecule is O=C(NCC1CCN(c2ccc(F)cc2)C1)c1cc([N+](=O)[O-])ccc1N1CCOCC1. The molecule has 0 bridgehead atoms. The fourth-order valence-corrected chi connectivity index (χ4v) is 4.12. The van der Waals surface area contributed by atoms with E-state index in [0.717, 1.165) is 25.2 Å². The van der Waals surface area contributed by atoms with Crippen molar-refractivity contribution in [2.45, 2.75) is 6.42 Å². The van der Waals surface area contributed by atoms with Gasteiger partial charge in [-0.3, -0.25) is 14.9 Å². The van der Waals surface area contributed by atoms with Gasteiger partial charge in [-0.2, -0.15) is 0 Å². The summed E-state index contributed by atoms with van der Waals surface area (Å²) in [6.45, 7) is 4.44.